The lowest BCUT2D eigenvalue weighted by Crippen LogP contribution is -2.24. The lowest BCUT2D eigenvalue weighted by molar-refractivity contribution is 0.563. The van der Waals surface area contributed by atoms with Crippen LogP contribution in [-0.4, -0.2) is 26.2 Å². The van der Waals surface area contributed by atoms with Crippen molar-refractivity contribution >= 4 is 0 Å². The number of tetrazole rings is 1. The molecule has 0 aliphatic rings. The van der Waals surface area contributed by atoms with E-state index in [1.54, 1.807) is 4.68 Å². The summed E-state index contributed by atoms with van der Waals surface area (Å²) in [5.74, 6) is 0.857. The zero-order chi connectivity index (χ0) is 8.97. The van der Waals surface area contributed by atoms with Gasteiger partial charge in [0.15, 0.2) is 5.82 Å². The van der Waals surface area contributed by atoms with Crippen LogP contribution in [-0.2, 0) is 13.5 Å². The molecule has 1 aromatic rings. The maximum absolute atomic E-state index is 5.84. The molecule has 0 fully saturated rings. The summed E-state index contributed by atoms with van der Waals surface area (Å²) in [7, 11) is 1.83. The molecule has 0 aromatic carbocycles. The molecule has 1 unspecified atom stereocenters. The van der Waals surface area contributed by atoms with Crippen LogP contribution >= 0.6 is 0 Å². The minimum absolute atomic E-state index is 0.180. The van der Waals surface area contributed by atoms with Gasteiger partial charge in [0.25, 0.3) is 0 Å². The molecule has 0 aliphatic heterocycles. The number of aromatic nitrogens is 4. The topological polar surface area (TPSA) is 69.6 Å². The molecule has 0 amide bonds. The predicted molar refractivity (Wildman–Crippen MR) is 45.4 cm³/mol. The maximum atomic E-state index is 5.84. The summed E-state index contributed by atoms with van der Waals surface area (Å²) in [5, 5.41) is 11.1. The lowest BCUT2D eigenvalue weighted by atomic mass is 10.1. The van der Waals surface area contributed by atoms with Gasteiger partial charge in [-0.15, -0.1) is 5.10 Å². The highest BCUT2D eigenvalue weighted by atomic mass is 15.5. The number of rotatable bonds is 4. The highest BCUT2D eigenvalue weighted by Gasteiger charge is 2.07. The Kier molecular flexibility index (Phi) is 3.16. The molecule has 68 valence electrons. The predicted octanol–water partition coefficient (Wildman–Crippen LogP) is -0.120. The molecule has 0 saturated carbocycles. The second kappa shape index (κ2) is 4.15. The third-order valence-electron chi connectivity index (χ3n) is 1.81. The standard InChI is InChI=1S/C7H15N5/c1-3-4-6(8)5-7-9-10-11-12(7)2/h6H,3-5,8H2,1-2H3. The highest BCUT2D eigenvalue weighted by Crippen LogP contribution is 2.00. The van der Waals surface area contributed by atoms with E-state index < -0.39 is 0 Å². The van der Waals surface area contributed by atoms with Crippen LogP contribution in [0, 0.1) is 0 Å². The molecule has 1 aromatic heterocycles. The second-order valence-corrected chi connectivity index (χ2v) is 2.97. The Morgan fingerprint density at radius 1 is 1.58 bits per heavy atom. The van der Waals surface area contributed by atoms with Gasteiger partial charge in [-0.1, -0.05) is 13.3 Å². The van der Waals surface area contributed by atoms with E-state index in [0.29, 0.717) is 0 Å². The average Bonchev–Trinajstić information content (AvgIpc) is 2.37. The van der Waals surface area contributed by atoms with Crippen molar-refractivity contribution in [3.8, 4) is 0 Å². The first kappa shape index (κ1) is 9.12. The van der Waals surface area contributed by atoms with Gasteiger partial charge in [-0.3, -0.25) is 0 Å². The summed E-state index contributed by atoms with van der Waals surface area (Å²) in [5.41, 5.74) is 5.84. The minimum Gasteiger partial charge on any atom is -0.327 e. The molecule has 0 radical (unpaired) electrons. The summed E-state index contributed by atoms with van der Waals surface area (Å²) in [4.78, 5) is 0. The smallest absolute Gasteiger partial charge is 0.152 e. The highest BCUT2D eigenvalue weighted by molar-refractivity contribution is 4.84. The van der Waals surface area contributed by atoms with E-state index >= 15 is 0 Å². The Hall–Kier alpha value is -0.970. The number of hydrogen-bond donors (Lipinski definition) is 1. The van der Waals surface area contributed by atoms with Gasteiger partial charge >= 0.3 is 0 Å². The van der Waals surface area contributed by atoms with Crippen molar-refractivity contribution in [1.29, 1.82) is 0 Å². The normalized spacial score (nSPS) is 13.2. The number of nitrogens with zero attached hydrogens (tertiary/aromatic N) is 4. The third-order valence-corrected chi connectivity index (χ3v) is 1.81. The summed E-state index contributed by atoms with van der Waals surface area (Å²) in [6, 6.07) is 0.180. The van der Waals surface area contributed by atoms with Crippen molar-refractivity contribution in [2.75, 3.05) is 0 Å². The summed E-state index contributed by atoms with van der Waals surface area (Å²) < 4.78 is 1.66. The van der Waals surface area contributed by atoms with Crippen LogP contribution in [0.3, 0.4) is 0 Å². The maximum Gasteiger partial charge on any atom is 0.152 e. The fourth-order valence-electron chi connectivity index (χ4n) is 1.13. The van der Waals surface area contributed by atoms with Gasteiger partial charge in [-0.05, 0) is 16.8 Å². The fraction of sp³-hybridized carbons (Fsp3) is 0.857. The van der Waals surface area contributed by atoms with E-state index in [4.69, 9.17) is 5.73 Å². The van der Waals surface area contributed by atoms with Gasteiger partial charge in [-0.2, -0.15) is 0 Å². The average molecular weight is 169 g/mol. The van der Waals surface area contributed by atoms with Crippen LogP contribution in [0.4, 0.5) is 0 Å². The van der Waals surface area contributed by atoms with E-state index in [2.05, 4.69) is 22.4 Å². The van der Waals surface area contributed by atoms with Crippen LogP contribution in [0.15, 0.2) is 0 Å². The molecular weight excluding hydrogens is 154 g/mol. The molecule has 0 spiro atoms. The van der Waals surface area contributed by atoms with Gasteiger partial charge in [0.2, 0.25) is 0 Å². The van der Waals surface area contributed by atoms with Crippen molar-refractivity contribution in [1.82, 2.24) is 20.2 Å². The zero-order valence-corrected chi connectivity index (χ0v) is 7.56. The molecule has 5 nitrogen and oxygen atoms in total. The molecule has 0 aliphatic carbocycles. The van der Waals surface area contributed by atoms with E-state index in [0.717, 1.165) is 25.1 Å². The molecule has 12 heavy (non-hydrogen) atoms. The molecule has 5 heteroatoms. The first-order valence-corrected chi connectivity index (χ1v) is 4.20. The summed E-state index contributed by atoms with van der Waals surface area (Å²) in [6.07, 6.45) is 2.89. The SMILES string of the molecule is CCCC(N)Cc1nnnn1C. The van der Waals surface area contributed by atoms with E-state index in [1.165, 1.54) is 0 Å². The molecule has 1 atom stereocenters. The van der Waals surface area contributed by atoms with Gasteiger partial charge in [0.1, 0.15) is 0 Å². The van der Waals surface area contributed by atoms with Crippen LogP contribution < -0.4 is 5.73 Å². The van der Waals surface area contributed by atoms with Gasteiger partial charge in [0, 0.05) is 19.5 Å². The first-order chi connectivity index (χ1) is 5.74. The minimum atomic E-state index is 0.180. The van der Waals surface area contributed by atoms with E-state index in [1.807, 2.05) is 7.05 Å². The van der Waals surface area contributed by atoms with Crippen LogP contribution in [0.5, 0.6) is 0 Å². The van der Waals surface area contributed by atoms with Crippen LogP contribution in [0.2, 0.25) is 0 Å². The Morgan fingerprint density at radius 2 is 2.33 bits per heavy atom. The Balaban J connectivity index is 2.46. The molecule has 1 rings (SSSR count). The molecule has 0 bridgehead atoms. The molecule has 0 saturated heterocycles. The number of hydrogen-bond acceptors (Lipinski definition) is 4. The van der Waals surface area contributed by atoms with E-state index in [9.17, 15) is 0 Å². The van der Waals surface area contributed by atoms with Crippen molar-refractivity contribution in [3.63, 3.8) is 0 Å². The fourth-order valence-corrected chi connectivity index (χ4v) is 1.13. The number of aryl methyl sites for hydroxylation is 1. The largest absolute Gasteiger partial charge is 0.327 e. The molecule has 1 heterocycles. The van der Waals surface area contributed by atoms with Crippen LogP contribution in [0.1, 0.15) is 25.6 Å². The van der Waals surface area contributed by atoms with E-state index in [-0.39, 0.29) is 6.04 Å². The Morgan fingerprint density at radius 3 is 2.83 bits per heavy atom. The number of nitrogens with two attached hydrogens (primary N) is 1. The monoisotopic (exact) mass is 169 g/mol. The van der Waals surface area contributed by atoms with Crippen molar-refractivity contribution < 1.29 is 0 Å². The van der Waals surface area contributed by atoms with Crippen LogP contribution in [0.25, 0.3) is 0 Å². The zero-order valence-electron chi connectivity index (χ0n) is 7.56. The van der Waals surface area contributed by atoms with Crippen molar-refractivity contribution in [3.05, 3.63) is 5.82 Å². The molecular formula is C7H15N5. The molecule has 2 N–H and O–H groups in total. The van der Waals surface area contributed by atoms with Crippen molar-refractivity contribution in [2.45, 2.75) is 32.2 Å². The van der Waals surface area contributed by atoms with Gasteiger partial charge < -0.3 is 5.73 Å². The summed E-state index contributed by atoms with van der Waals surface area (Å²) >= 11 is 0. The second-order valence-electron chi connectivity index (χ2n) is 2.97. The Labute approximate surface area is 71.9 Å². The Bertz CT molecular complexity index is 231. The first-order valence-electron chi connectivity index (χ1n) is 4.20. The van der Waals surface area contributed by atoms with Gasteiger partial charge in [-0.25, -0.2) is 4.68 Å². The lowest BCUT2D eigenvalue weighted by Gasteiger charge is -2.07. The third kappa shape index (κ3) is 2.27. The van der Waals surface area contributed by atoms with Crippen molar-refractivity contribution in [2.24, 2.45) is 12.8 Å². The quantitative estimate of drug-likeness (QED) is 0.682. The summed E-state index contributed by atoms with van der Waals surface area (Å²) in [6.45, 7) is 2.12. The van der Waals surface area contributed by atoms with Gasteiger partial charge in [0.05, 0.1) is 0 Å².